The molecule has 22 heteroatoms. The first-order valence-electron chi connectivity index (χ1n) is 15.6. The number of sulfonamides is 2. The highest BCUT2D eigenvalue weighted by atomic mass is 79.9. The van der Waals surface area contributed by atoms with Crippen LogP contribution in [0.1, 0.15) is 44.0 Å². The molecule has 0 unspecified atom stereocenters. The summed E-state index contributed by atoms with van der Waals surface area (Å²) in [6.45, 7) is 4.29. The van der Waals surface area contributed by atoms with Crippen LogP contribution in [0.2, 0.25) is 0 Å². The van der Waals surface area contributed by atoms with Crippen LogP contribution >= 0.6 is 31.9 Å². The number of rotatable bonds is 13. The lowest BCUT2D eigenvalue weighted by atomic mass is 10.1. The van der Waals surface area contributed by atoms with Crippen molar-refractivity contribution in [3.05, 3.63) is 137 Å². The molecule has 0 aliphatic heterocycles. The molecule has 1 amide bonds. The van der Waals surface area contributed by atoms with Gasteiger partial charge in [0.2, 0.25) is 20.0 Å². The van der Waals surface area contributed by atoms with Crippen LogP contribution in [0.3, 0.4) is 0 Å². The van der Waals surface area contributed by atoms with Gasteiger partial charge in [-0.2, -0.15) is 0 Å². The molecule has 0 saturated carbocycles. The summed E-state index contributed by atoms with van der Waals surface area (Å²) in [5, 5.41) is 24.6. The van der Waals surface area contributed by atoms with E-state index in [9.17, 15) is 50.6 Å². The average molecular weight is 937 g/mol. The fourth-order valence-corrected chi connectivity index (χ4v) is 8.02. The molecule has 55 heavy (non-hydrogen) atoms. The van der Waals surface area contributed by atoms with Crippen LogP contribution in [-0.2, 0) is 24.8 Å². The first kappa shape index (κ1) is 44.9. The van der Waals surface area contributed by atoms with Gasteiger partial charge < -0.3 is 15.8 Å². The fourth-order valence-electron chi connectivity index (χ4n) is 4.60. The van der Waals surface area contributed by atoms with Crippen LogP contribution in [0.15, 0.2) is 104 Å². The molecular formula is C33H34Br2F2N6O10S2. The number of para-hydroxylation sites is 2. The SMILES string of the molecule is CC(C)(C)OC(=O)N[C@H](CNS(=O)(=O)c1ccccc1[N+](=O)[O-])c1cc(F)cc(Br)c1.N[C@H](CNS(=O)(=O)c1ccccc1[N+](=O)[O-])c1cc(F)cc(Br)c1. The van der Waals surface area contributed by atoms with E-state index in [-0.39, 0.29) is 12.1 Å². The third-order valence-corrected chi connectivity index (χ3v) is 10.8. The summed E-state index contributed by atoms with van der Waals surface area (Å²) in [7, 11) is -8.46. The summed E-state index contributed by atoms with van der Waals surface area (Å²) in [5.74, 6) is -1.13. The highest BCUT2D eigenvalue weighted by Gasteiger charge is 2.28. The molecule has 2 atom stereocenters. The topological polar surface area (TPSA) is 243 Å². The Balaban J connectivity index is 0.000000305. The molecule has 0 fully saturated rings. The summed E-state index contributed by atoms with van der Waals surface area (Å²) in [6.07, 6.45) is -0.845. The number of ether oxygens (including phenoxy) is 1. The van der Waals surface area contributed by atoms with E-state index in [1.165, 1.54) is 48.5 Å². The van der Waals surface area contributed by atoms with E-state index >= 15 is 0 Å². The van der Waals surface area contributed by atoms with Crippen molar-refractivity contribution < 1.29 is 45.0 Å². The van der Waals surface area contributed by atoms with E-state index < -0.39 is 93.0 Å². The number of nitrogens with one attached hydrogen (secondary N) is 3. The van der Waals surface area contributed by atoms with Crippen LogP contribution in [0.4, 0.5) is 25.0 Å². The smallest absolute Gasteiger partial charge is 0.408 e. The molecule has 4 aromatic carbocycles. The lowest BCUT2D eigenvalue weighted by Gasteiger charge is -2.24. The molecule has 4 rings (SSSR count). The van der Waals surface area contributed by atoms with Gasteiger partial charge in [-0.15, -0.1) is 0 Å². The van der Waals surface area contributed by atoms with Crippen molar-refractivity contribution >= 4 is 69.4 Å². The van der Waals surface area contributed by atoms with Gasteiger partial charge in [-0.1, -0.05) is 56.1 Å². The van der Waals surface area contributed by atoms with Crippen molar-refractivity contribution in [3.63, 3.8) is 0 Å². The Bertz CT molecular complexity index is 2240. The maximum Gasteiger partial charge on any atom is 0.408 e. The molecule has 0 radical (unpaired) electrons. The Kier molecular flexibility index (Phi) is 15.5. The number of benzene rings is 4. The lowest BCUT2D eigenvalue weighted by molar-refractivity contribution is -0.388. The first-order valence-corrected chi connectivity index (χ1v) is 20.2. The molecule has 0 aromatic heterocycles. The van der Waals surface area contributed by atoms with Gasteiger partial charge in [-0.3, -0.25) is 20.2 Å². The van der Waals surface area contributed by atoms with E-state index in [0.29, 0.717) is 14.5 Å². The first-order chi connectivity index (χ1) is 25.5. The molecule has 0 aliphatic carbocycles. The molecule has 0 heterocycles. The monoisotopic (exact) mass is 934 g/mol. The van der Waals surface area contributed by atoms with E-state index in [4.69, 9.17) is 10.5 Å². The quantitative estimate of drug-likeness (QED) is 0.0831. The van der Waals surface area contributed by atoms with Gasteiger partial charge in [0.15, 0.2) is 9.79 Å². The highest BCUT2D eigenvalue weighted by molar-refractivity contribution is 9.10. The second-order valence-corrected chi connectivity index (χ2v) is 17.7. The largest absolute Gasteiger partial charge is 0.444 e. The van der Waals surface area contributed by atoms with Crippen molar-refractivity contribution in [2.24, 2.45) is 5.73 Å². The molecule has 0 aliphatic rings. The third-order valence-electron chi connectivity index (χ3n) is 6.96. The van der Waals surface area contributed by atoms with Gasteiger partial charge in [0.1, 0.15) is 17.2 Å². The molecule has 5 N–H and O–H groups in total. The second-order valence-electron chi connectivity index (χ2n) is 12.4. The minimum atomic E-state index is -4.32. The number of nitrogens with two attached hydrogens (primary N) is 1. The minimum Gasteiger partial charge on any atom is -0.444 e. The van der Waals surface area contributed by atoms with E-state index in [1.807, 2.05) is 0 Å². The third kappa shape index (κ3) is 13.7. The van der Waals surface area contributed by atoms with Crippen molar-refractivity contribution in [3.8, 4) is 0 Å². The molecule has 0 saturated heterocycles. The highest BCUT2D eigenvalue weighted by Crippen LogP contribution is 2.26. The number of alkyl carbamates (subject to hydrolysis) is 1. The van der Waals surface area contributed by atoms with Crippen molar-refractivity contribution in [2.45, 2.75) is 48.2 Å². The summed E-state index contributed by atoms with van der Waals surface area (Å²) in [4.78, 5) is 31.8. The molecule has 0 bridgehead atoms. The van der Waals surface area contributed by atoms with E-state index in [0.717, 1.165) is 30.3 Å². The lowest BCUT2D eigenvalue weighted by Crippen LogP contribution is -2.40. The number of carbonyl (C=O) groups excluding carboxylic acids is 1. The van der Waals surface area contributed by atoms with Gasteiger partial charge in [0.05, 0.1) is 15.9 Å². The number of carbonyl (C=O) groups is 1. The predicted octanol–water partition coefficient (Wildman–Crippen LogP) is 6.52. The molecule has 0 spiro atoms. The molecule has 16 nitrogen and oxygen atoms in total. The second kappa shape index (κ2) is 18.9. The average Bonchev–Trinajstić information content (AvgIpc) is 3.07. The zero-order chi connectivity index (χ0) is 41.3. The van der Waals surface area contributed by atoms with Crippen LogP contribution in [0, 0.1) is 31.9 Å². The van der Waals surface area contributed by atoms with Crippen LogP contribution in [-0.4, -0.2) is 51.5 Å². The number of nitro benzene ring substituents is 2. The number of hydrogen-bond acceptors (Lipinski definition) is 11. The van der Waals surface area contributed by atoms with E-state index in [1.54, 1.807) is 26.8 Å². The Morgan fingerprint density at radius 2 is 1.18 bits per heavy atom. The number of amides is 1. The summed E-state index contributed by atoms with van der Waals surface area (Å²) >= 11 is 6.28. The van der Waals surface area contributed by atoms with Gasteiger partial charge >= 0.3 is 6.09 Å². The molecule has 4 aromatic rings. The Hall–Kier alpha value is -4.45. The van der Waals surface area contributed by atoms with E-state index in [2.05, 4.69) is 46.6 Å². The zero-order valence-corrected chi connectivity index (χ0v) is 33.8. The van der Waals surface area contributed by atoms with Crippen molar-refractivity contribution in [1.29, 1.82) is 0 Å². The normalized spacial score (nSPS) is 12.8. The zero-order valence-electron chi connectivity index (χ0n) is 29.0. The van der Waals surface area contributed by atoms with Gasteiger partial charge in [0.25, 0.3) is 11.4 Å². The van der Waals surface area contributed by atoms with Crippen LogP contribution < -0.4 is 20.5 Å². The Morgan fingerprint density at radius 3 is 1.62 bits per heavy atom. The predicted molar refractivity (Wildman–Crippen MR) is 204 cm³/mol. The number of hydrogen-bond donors (Lipinski definition) is 4. The van der Waals surface area contributed by atoms with Gasteiger partial charge in [-0.05, 0) is 80.4 Å². The molecule has 296 valence electrons. The number of nitro groups is 2. The van der Waals surface area contributed by atoms with Crippen LogP contribution in [0.5, 0.6) is 0 Å². The number of halogens is 4. The standard InChI is InChI=1S/C19H21BrFN3O6S.C14H13BrFN3O4S/c1-19(2,3)30-18(25)23-15(12-8-13(20)10-14(21)9-12)11-22-31(28,29)17-7-5-4-6-16(17)24(26)27;15-10-5-9(6-11(16)7-10)12(17)8-18-24(22,23)14-4-2-1-3-13(14)19(20)21/h4-10,15,22H,11H2,1-3H3,(H,23,25);1-7,12,18H,8,17H2/t15-;12-/m11/s1. The van der Waals surface area contributed by atoms with Gasteiger partial charge in [-0.25, -0.2) is 39.9 Å². The minimum absolute atomic E-state index is 0.246. The summed E-state index contributed by atoms with van der Waals surface area (Å²) in [5.41, 5.74) is 4.55. The number of nitrogens with zero attached hydrogens (tertiary/aromatic N) is 2. The summed E-state index contributed by atoms with van der Waals surface area (Å²) in [6, 6.07) is 15.8. The molecular weight excluding hydrogens is 902 g/mol. The maximum absolute atomic E-state index is 13.9. The van der Waals surface area contributed by atoms with Crippen molar-refractivity contribution in [1.82, 2.24) is 14.8 Å². The Labute approximate surface area is 331 Å². The van der Waals surface area contributed by atoms with Crippen LogP contribution in [0.25, 0.3) is 0 Å². The maximum atomic E-state index is 13.9. The van der Waals surface area contributed by atoms with Gasteiger partial charge in [0, 0.05) is 40.2 Å². The van der Waals surface area contributed by atoms with Crippen molar-refractivity contribution in [2.75, 3.05) is 13.1 Å². The Morgan fingerprint density at radius 1 is 0.764 bits per heavy atom. The summed E-state index contributed by atoms with van der Waals surface area (Å²) < 4.78 is 87.7. The fraction of sp³-hybridized carbons (Fsp3) is 0.242.